The van der Waals surface area contributed by atoms with E-state index in [-0.39, 0.29) is 6.61 Å². The molecule has 14 heavy (non-hydrogen) atoms. The molecule has 0 aromatic heterocycles. The SMILES string of the molecule is O=C(O)[C@@H]1COc2c(Cl)cccc2C1. The molecule has 0 amide bonds. The third-order valence-corrected chi connectivity index (χ3v) is 2.59. The lowest BCUT2D eigenvalue weighted by Gasteiger charge is -2.23. The van der Waals surface area contributed by atoms with Gasteiger partial charge in [-0.1, -0.05) is 23.7 Å². The summed E-state index contributed by atoms with van der Waals surface area (Å²) in [5.74, 6) is -0.650. The highest BCUT2D eigenvalue weighted by Crippen LogP contribution is 2.33. The minimum Gasteiger partial charge on any atom is -0.491 e. The number of carboxylic acids is 1. The molecule has 0 radical (unpaired) electrons. The predicted octanol–water partition coefficient (Wildman–Crippen LogP) is 1.98. The molecule has 1 heterocycles. The minimum atomic E-state index is -0.823. The monoisotopic (exact) mass is 212 g/mol. The Bertz CT molecular complexity index is 376. The van der Waals surface area contributed by atoms with Crippen LogP contribution < -0.4 is 4.74 Å². The number of hydrogen-bond donors (Lipinski definition) is 1. The van der Waals surface area contributed by atoms with Crippen molar-refractivity contribution in [2.45, 2.75) is 6.42 Å². The van der Waals surface area contributed by atoms with Crippen molar-refractivity contribution in [3.63, 3.8) is 0 Å². The lowest BCUT2D eigenvalue weighted by Crippen LogP contribution is -2.27. The van der Waals surface area contributed by atoms with Crippen molar-refractivity contribution in [2.75, 3.05) is 6.61 Å². The normalized spacial score (nSPS) is 19.6. The summed E-state index contributed by atoms with van der Waals surface area (Å²) in [5, 5.41) is 9.37. The first kappa shape index (κ1) is 9.34. The maximum absolute atomic E-state index is 10.7. The zero-order valence-electron chi connectivity index (χ0n) is 7.37. The molecular weight excluding hydrogens is 204 g/mol. The lowest BCUT2D eigenvalue weighted by atomic mass is 9.97. The molecule has 0 saturated carbocycles. The molecule has 3 nitrogen and oxygen atoms in total. The highest BCUT2D eigenvalue weighted by atomic mass is 35.5. The molecule has 1 N–H and O–H groups in total. The van der Waals surface area contributed by atoms with Gasteiger partial charge in [0.25, 0.3) is 0 Å². The third kappa shape index (κ3) is 1.55. The molecule has 1 aromatic carbocycles. The fourth-order valence-corrected chi connectivity index (χ4v) is 1.79. The van der Waals surface area contributed by atoms with Gasteiger partial charge in [-0.2, -0.15) is 0 Å². The maximum Gasteiger partial charge on any atom is 0.310 e. The van der Waals surface area contributed by atoms with E-state index in [1.54, 1.807) is 12.1 Å². The first-order valence-electron chi connectivity index (χ1n) is 4.31. The Labute approximate surface area is 86.3 Å². The average molecular weight is 213 g/mol. The number of aliphatic carboxylic acids is 1. The fraction of sp³-hybridized carbons (Fsp3) is 0.300. The highest BCUT2D eigenvalue weighted by molar-refractivity contribution is 6.32. The zero-order valence-corrected chi connectivity index (χ0v) is 8.12. The number of carboxylic acid groups (broad SMARTS) is 1. The summed E-state index contributed by atoms with van der Waals surface area (Å²) < 4.78 is 5.32. The van der Waals surface area contributed by atoms with E-state index in [1.165, 1.54) is 0 Å². The zero-order chi connectivity index (χ0) is 10.1. The summed E-state index contributed by atoms with van der Waals surface area (Å²) in [6.07, 6.45) is 0.491. The van der Waals surface area contributed by atoms with Crippen molar-refractivity contribution in [1.82, 2.24) is 0 Å². The molecule has 0 fully saturated rings. The van der Waals surface area contributed by atoms with E-state index in [0.29, 0.717) is 17.2 Å². The first-order chi connectivity index (χ1) is 6.68. The summed E-state index contributed by atoms with van der Waals surface area (Å²) in [4.78, 5) is 10.7. The largest absolute Gasteiger partial charge is 0.491 e. The second-order valence-corrected chi connectivity index (χ2v) is 3.69. The van der Waals surface area contributed by atoms with Crippen LogP contribution in [-0.2, 0) is 11.2 Å². The molecule has 0 spiro atoms. The van der Waals surface area contributed by atoms with Crippen LogP contribution in [0.25, 0.3) is 0 Å². The Hall–Kier alpha value is -1.22. The van der Waals surface area contributed by atoms with Gasteiger partial charge in [0.15, 0.2) is 0 Å². The fourth-order valence-electron chi connectivity index (χ4n) is 1.54. The molecule has 4 heteroatoms. The molecular formula is C10H9ClO3. The van der Waals surface area contributed by atoms with Crippen LogP contribution in [0, 0.1) is 5.92 Å². The number of benzene rings is 1. The van der Waals surface area contributed by atoms with E-state index in [0.717, 1.165) is 5.56 Å². The van der Waals surface area contributed by atoms with Gasteiger partial charge in [-0.15, -0.1) is 0 Å². The van der Waals surface area contributed by atoms with Crippen molar-refractivity contribution < 1.29 is 14.6 Å². The quantitative estimate of drug-likeness (QED) is 0.774. The molecule has 1 atom stereocenters. The van der Waals surface area contributed by atoms with E-state index >= 15 is 0 Å². The van der Waals surface area contributed by atoms with Gasteiger partial charge in [-0.05, 0) is 18.1 Å². The van der Waals surface area contributed by atoms with E-state index in [4.69, 9.17) is 21.4 Å². The topological polar surface area (TPSA) is 46.5 Å². The Balaban J connectivity index is 2.31. The molecule has 0 saturated heterocycles. The number of halogens is 1. The van der Waals surface area contributed by atoms with E-state index in [9.17, 15) is 4.79 Å². The van der Waals surface area contributed by atoms with Gasteiger partial charge >= 0.3 is 5.97 Å². The second-order valence-electron chi connectivity index (χ2n) is 3.28. The van der Waals surface area contributed by atoms with Crippen LogP contribution in [0.1, 0.15) is 5.56 Å². The predicted molar refractivity (Wildman–Crippen MR) is 51.8 cm³/mol. The molecule has 0 bridgehead atoms. The lowest BCUT2D eigenvalue weighted by molar-refractivity contribution is -0.143. The summed E-state index contributed by atoms with van der Waals surface area (Å²) in [6, 6.07) is 5.38. The van der Waals surface area contributed by atoms with Crippen LogP contribution in [0.5, 0.6) is 5.75 Å². The van der Waals surface area contributed by atoms with Crippen LogP contribution in [0.4, 0.5) is 0 Å². The van der Waals surface area contributed by atoms with Gasteiger partial charge in [-0.25, -0.2) is 0 Å². The van der Waals surface area contributed by atoms with Gasteiger partial charge < -0.3 is 9.84 Å². The molecule has 0 aliphatic carbocycles. The number of ether oxygens (including phenoxy) is 1. The number of fused-ring (bicyclic) bond motifs is 1. The van der Waals surface area contributed by atoms with Crippen LogP contribution in [0.2, 0.25) is 5.02 Å². The molecule has 0 unspecified atom stereocenters. The van der Waals surface area contributed by atoms with Gasteiger partial charge in [0.2, 0.25) is 0 Å². The summed E-state index contributed by atoms with van der Waals surface area (Å²) in [6.45, 7) is 0.200. The van der Waals surface area contributed by atoms with Crippen LogP contribution >= 0.6 is 11.6 Å². The molecule has 1 aliphatic heterocycles. The van der Waals surface area contributed by atoms with Gasteiger partial charge in [0.1, 0.15) is 12.4 Å². The Morgan fingerprint density at radius 3 is 3.07 bits per heavy atom. The van der Waals surface area contributed by atoms with Crippen LogP contribution in [0.3, 0.4) is 0 Å². The van der Waals surface area contributed by atoms with Gasteiger partial charge in [0, 0.05) is 0 Å². The van der Waals surface area contributed by atoms with Crippen LogP contribution in [0.15, 0.2) is 18.2 Å². The minimum absolute atomic E-state index is 0.200. The highest BCUT2D eigenvalue weighted by Gasteiger charge is 2.26. The van der Waals surface area contributed by atoms with Gasteiger partial charge in [-0.3, -0.25) is 4.79 Å². The summed E-state index contributed by atoms with van der Waals surface area (Å²) >= 11 is 5.90. The average Bonchev–Trinajstić information content (AvgIpc) is 2.17. The van der Waals surface area contributed by atoms with Crippen molar-refractivity contribution in [1.29, 1.82) is 0 Å². The van der Waals surface area contributed by atoms with Crippen molar-refractivity contribution in [3.05, 3.63) is 28.8 Å². The molecule has 74 valence electrons. The van der Waals surface area contributed by atoms with Crippen molar-refractivity contribution in [2.24, 2.45) is 5.92 Å². The standard InChI is InChI=1S/C10H9ClO3/c11-8-3-1-2-6-4-7(10(12)13)5-14-9(6)8/h1-3,7H,4-5H2,(H,12,13)/t7-/m0/s1. The summed E-state index contributed by atoms with van der Waals surface area (Å²) in [5.41, 5.74) is 0.871. The number of carbonyl (C=O) groups is 1. The molecule has 1 aliphatic rings. The molecule has 2 rings (SSSR count). The first-order valence-corrected chi connectivity index (χ1v) is 4.69. The Morgan fingerprint density at radius 2 is 2.36 bits per heavy atom. The Kier molecular flexibility index (Phi) is 2.33. The summed E-state index contributed by atoms with van der Waals surface area (Å²) in [7, 11) is 0. The molecule has 1 aromatic rings. The Morgan fingerprint density at radius 1 is 1.57 bits per heavy atom. The number of hydrogen-bond acceptors (Lipinski definition) is 2. The van der Waals surface area contributed by atoms with Gasteiger partial charge in [0.05, 0.1) is 10.9 Å². The second kappa shape index (κ2) is 3.50. The van der Waals surface area contributed by atoms with Crippen molar-refractivity contribution >= 4 is 17.6 Å². The smallest absolute Gasteiger partial charge is 0.310 e. The van der Waals surface area contributed by atoms with E-state index in [2.05, 4.69) is 0 Å². The number of para-hydroxylation sites is 1. The third-order valence-electron chi connectivity index (χ3n) is 2.29. The van der Waals surface area contributed by atoms with Crippen molar-refractivity contribution in [3.8, 4) is 5.75 Å². The van der Waals surface area contributed by atoms with Crippen LogP contribution in [-0.4, -0.2) is 17.7 Å². The maximum atomic E-state index is 10.7. The van der Waals surface area contributed by atoms with E-state index < -0.39 is 11.9 Å². The van der Waals surface area contributed by atoms with E-state index in [1.807, 2.05) is 6.07 Å². The number of rotatable bonds is 1.